The Morgan fingerprint density at radius 3 is 2.61 bits per heavy atom. The fourth-order valence-corrected chi connectivity index (χ4v) is 1.79. The Kier molecular flexibility index (Phi) is 8.42. The van der Waals surface area contributed by atoms with Gasteiger partial charge in [-0.1, -0.05) is 24.3 Å². The average Bonchev–Trinajstić information content (AvgIpc) is 2.50. The fourth-order valence-electron chi connectivity index (χ4n) is 1.79. The van der Waals surface area contributed by atoms with E-state index < -0.39 is 12.8 Å². The molecule has 0 aliphatic rings. The lowest BCUT2D eigenvalue weighted by molar-refractivity contribution is -0.176. The maximum Gasteiger partial charge on any atom is 0.411 e. The van der Waals surface area contributed by atoms with E-state index in [-0.39, 0.29) is 6.61 Å². The molecular weight excluding hydrogens is 311 g/mol. The van der Waals surface area contributed by atoms with Gasteiger partial charge in [-0.05, 0) is 11.1 Å². The van der Waals surface area contributed by atoms with Crippen LogP contribution in [0.5, 0.6) is 0 Å². The van der Waals surface area contributed by atoms with Crippen molar-refractivity contribution in [2.75, 3.05) is 33.9 Å². The van der Waals surface area contributed by atoms with Crippen LogP contribution < -0.4 is 10.6 Å². The molecule has 1 rings (SSSR count). The Bertz CT molecular complexity index is 493. The lowest BCUT2D eigenvalue weighted by Crippen LogP contribution is -2.38. The molecule has 0 amide bonds. The number of aliphatic imine (C=N–C) groups is 1. The van der Waals surface area contributed by atoms with Gasteiger partial charge in [0.1, 0.15) is 6.61 Å². The van der Waals surface area contributed by atoms with Crippen molar-refractivity contribution < 1.29 is 22.6 Å². The van der Waals surface area contributed by atoms with Gasteiger partial charge in [-0.2, -0.15) is 13.2 Å². The molecule has 23 heavy (non-hydrogen) atoms. The van der Waals surface area contributed by atoms with Crippen molar-refractivity contribution in [3.05, 3.63) is 35.4 Å². The van der Waals surface area contributed by atoms with E-state index in [4.69, 9.17) is 4.74 Å². The minimum atomic E-state index is -4.31. The van der Waals surface area contributed by atoms with Crippen LogP contribution in [-0.4, -0.2) is 46.1 Å². The zero-order valence-corrected chi connectivity index (χ0v) is 13.2. The van der Waals surface area contributed by atoms with Crippen LogP contribution in [0.3, 0.4) is 0 Å². The van der Waals surface area contributed by atoms with E-state index in [2.05, 4.69) is 20.4 Å². The molecule has 2 N–H and O–H groups in total. The van der Waals surface area contributed by atoms with Gasteiger partial charge in [0.15, 0.2) is 5.96 Å². The van der Waals surface area contributed by atoms with Crippen LogP contribution >= 0.6 is 0 Å². The van der Waals surface area contributed by atoms with Gasteiger partial charge in [-0.15, -0.1) is 0 Å². The molecule has 0 aromatic heterocycles. The van der Waals surface area contributed by atoms with Crippen LogP contribution in [0.25, 0.3) is 0 Å². The average molecular weight is 333 g/mol. The Balaban J connectivity index is 2.43. The number of alkyl halides is 3. The standard InChI is InChI=1S/C15H22F3N3O2/c1-19-14(20-6-7-22-2)21-9-12-4-3-5-13(8-12)10-23-11-15(16,17)18/h3-5,8H,6-7,9-11H2,1-2H3,(H2,19,20,21). The number of hydrogen-bond donors (Lipinski definition) is 2. The third-order valence-electron chi connectivity index (χ3n) is 2.81. The van der Waals surface area contributed by atoms with Gasteiger partial charge >= 0.3 is 6.18 Å². The topological polar surface area (TPSA) is 54.9 Å². The van der Waals surface area contributed by atoms with Crippen molar-refractivity contribution >= 4 is 5.96 Å². The van der Waals surface area contributed by atoms with Gasteiger partial charge in [-0.25, -0.2) is 0 Å². The van der Waals surface area contributed by atoms with Crippen molar-refractivity contribution in [1.29, 1.82) is 0 Å². The number of nitrogens with zero attached hydrogens (tertiary/aromatic N) is 1. The molecule has 0 saturated carbocycles. The first-order chi connectivity index (χ1) is 10.9. The third kappa shape index (κ3) is 9.04. The normalized spacial score (nSPS) is 12.3. The molecule has 5 nitrogen and oxygen atoms in total. The molecule has 8 heteroatoms. The van der Waals surface area contributed by atoms with E-state index in [9.17, 15) is 13.2 Å². The van der Waals surface area contributed by atoms with Crippen LogP contribution in [0.2, 0.25) is 0 Å². The van der Waals surface area contributed by atoms with Crippen molar-refractivity contribution in [2.24, 2.45) is 4.99 Å². The number of hydrogen-bond acceptors (Lipinski definition) is 3. The number of methoxy groups -OCH3 is 1. The van der Waals surface area contributed by atoms with Crippen LogP contribution in [-0.2, 0) is 22.6 Å². The molecule has 0 aliphatic heterocycles. The number of ether oxygens (including phenoxy) is 2. The van der Waals surface area contributed by atoms with Crippen LogP contribution in [0, 0.1) is 0 Å². The van der Waals surface area contributed by atoms with E-state index in [1.54, 1.807) is 32.4 Å². The number of halogens is 3. The third-order valence-corrected chi connectivity index (χ3v) is 2.81. The lowest BCUT2D eigenvalue weighted by Gasteiger charge is -2.12. The highest BCUT2D eigenvalue weighted by Crippen LogP contribution is 2.16. The van der Waals surface area contributed by atoms with E-state index in [1.807, 2.05) is 6.07 Å². The first-order valence-electron chi connectivity index (χ1n) is 7.10. The molecule has 1 aromatic carbocycles. The summed E-state index contributed by atoms with van der Waals surface area (Å²) in [5, 5.41) is 6.18. The fraction of sp³-hybridized carbons (Fsp3) is 0.533. The molecule has 130 valence electrons. The minimum absolute atomic E-state index is 0.0752. The Morgan fingerprint density at radius 1 is 1.22 bits per heavy atom. The summed E-state index contributed by atoms with van der Waals surface area (Å²) in [6.45, 7) is 0.369. The molecule has 0 unspecified atom stereocenters. The largest absolute Gasteiger partial charge is 0.411 e. The summed E-state index contributed by atoms with van der Waals surface area (Å²) in [7, 11) is 3.27. The van der Waals surface area contributed by atoms with Gasteiger partial charge < -0.3 is 20.1 Å². The van der Waals surface area contributed by atoms with Crippen molar-refractivity contribution in [2.45, 2.75) is 19.3 Å². The number of rotatable bonds is 8. The maximum absolute atomic E-state index is 12.0. The monoisotopic (exact) mass is 333 g/mol. The first kappa shape index (κ1) is 19.2. The van der Waals surface area contributed by atoms with E-state index in [0.29, 0.717) is 31.2 Å². The zero-order chi connectivity index (χ0) is 17.1. The van der Waals surface area contributed by atoms with Gasteiger partial charge in [0.25, 0.3) is 0 Å². The highest BCUT2D eigenvalue weighted by Gasteiger charge is 2.27. The highest BCUT2D eigenvalue weighted by atomic mass is 19.4. The second-order valence-electron chi connectivity index (χ2n) is 4.77. The molecule has 0 heterocycles. The van der Waals surface area contributed by atoms with Crippen molar-refractivity contribution in [1.82, 2.24) is 10.6 Å². The van der Waals surface area contributed by atoms with E-state index in [1.165, 1.54) is 0 Å². The van der Waals surface area contributed by atoms with Gasteiger partial charge in [0, 0.05) is 27.2 Å². The summed E-state index contributed by atoms with van der Waals surface area (Å²) in [4.78, 5) is 4.06. The maximum atomic E-state index is 12.0. The number of nitrogens with one attached hydrogen (secondary N) is 2. The van der Waals surface area contributed by atoms with Crippen molar-refractivity contribution in [3.63, 3.8) is 0 Å². The Morgan fingerprint density at radius 2 is 1.96 bits per heavy atom. The molecule has 1 aromatic rings. The van der Waals surface area contributed by atoms with Gasteiger partial charge in [0.05, 0.1) is 13.2 Å². The molecule has 0 atom stereocenters. The summed E-state index contributed by atoms with van der Waals surface area (Å²) in [5.74, 6) is 0.626. The highest BCUT2D eigenvalue weighted by molar-refractivity contribution is 5.79. The summed E-state index contributed by atoms with van der Waals surface area (Å²) in [5.41, 5.74) is 1.61. The minimum Gasteiger partial charge on any atom is -0.383 e. The SMILES string of the molecule is CN=C(NCCOC)NCc1cccc(COCC(F)(F)F)c1. The number of guanidine groups is 1. The molecule has 0 spiro atoms. The van der Waals surface area contributed by atoms with Gasteiger partial charge in [0.2, 0.25) is 0 Å². The molecule has 0 saturated heterocycles. The molecule has 0 bridgehead atoms. The lowest BCUT2D eigenvalue weighted by atomic mass is 10.1. The Labute approximate surface area is 133 Å². The summed E-state index contributed by atoms with van der Waals surface area (Å²) >= 11 is 0. The zero-order valence-electron chi connectivity index (χ0n) is 13.2. The number of benzene rings is 1. The molecule has 0 radical (unpaired) electrons. The molecule has 0 fully saturated rings. The van der Waals surface area contributed by atoms with Crippen LogP contribution in [0.4, 0.5) is 13.2 Å². The quantitative estimate of drug-likeness (QED) is 0.434. The molecular formula is C15H22F3N3O2. The van der Waals surface area contributed by atoms with Crippen LogP contribution in [0.1, 0.15) is 11.1 Å². The van der Waals surface area contributed by atoms with E-state index >= 15 is 0 Å². The van der Waals surface area contributed by atoms with Crippen LogP contribution in [0.15, 0.2) is 29.3 Å². The second kappa shape index (κ2) is 10.1. The van der Waals surface area contributed by atoms with E-state index in [0.717, 1.165) is 5.56 Å². The summed E-state index contributed by atoms with van der Waals surface area (Å²) in [6.07, 6.45) is -4.31. The molecule has 0 aliphatic carbocycles. The predicted octanol–water partition coefficient (Wildman–Crippen LogP) is 2.08. The predicted molar refractivity (Wildman–Crippen MR) is 82.2 cm³/mol. The van der Waals surface area contributed by atoms with Crippen molar-refractivity contribution in [3.8, 4) is 0 Å². The second-order valence-corrected chi connectivity index (χ2v) is 4.77. The summed E-state index contributed by atoms with van der Waals surface area (Å²) < 4.78 is 45.7. The summed E-state index contributed by atoms with van der Waals surface area (Å²) in [6, 6.07) is 7.18. The van der Waals surface area contributed by atoms with Gasteiger partial charge in [-0.3, -0.25) is 4.99 Å². The smallest absolute Gasteiger partial charge is 0.383 e. The first-order valence-corrected chi connectivity index (χ1v) is 7.10. The Hall–Kier alpha value is -1.80.